The van der Waals surface area contributed by atoms with Crippen LogP contribution in [-0.4, -0.2) is 22.6 Å². The van der Waals surface area contributed by atoms with Crippen LogP contribution in [0.25, 0.3) is 0 Å². The third-order valence-electron chi connectivity index (χ3n) is 7.16. The third-order valence-corrected chi connectivity index (χ3v) is 7.16. The Kier molecular flexibility index (Phi) is 5.47. The normalized spacial score (nSPS) is 21.4. The van der Waals surface area contributed by atoms with E-state index in [1.54, 1.807) is 4.90 Å². The van der Waals surface area contributed by atoms with E-state index in [-0.39, 0.29) is 17.4 Å². The van der Waals surface area contributed by atoms with Gasteiger partial charge in [-0.1, -0.05) is 70.2 Å². The first-order valence-corrected chi connectivity index (χ1v) is 12.3. The molecule has 2 heterocycles. The number of aryl methyl sites for hydroxylation is 1. The summed E-state index contributed by atoms with van der Waals surface area (Å²) in [6.45, 7) is 10.4. The lowest BCUT2D eigenvalue weighted by Crippen LogP contribution is -2.67. The van der Waals surface area contributed by atoms with Crippen LogP contribution in [0.1, 0.15) is 74.1 Å². The summed E-state index contributed by atoms with van der Waals surface area (Å²) >= 11 is 0. The highest BCUT2D eigenvalue weighted by molar-refractivity contribution is 6.10. The fraction of sp³-hybridized carbons (Fsp3) is 0.333. The van der Waals surface area contributed by atoms with Gasteiger partial charge in [0.1, 0.15) is 5.75 Å². The van der Waals surface area contributed by atoms with Gasteiger partial charge < -0.3 is 4.74 Å². The second-order valence-corrected chi connectivity index (χ2v) is 10.7. The summed E-state index contributed by atoms with van der Waals surface area (Å²) in [5, 5.41) is 0. The average molecular weight is 469 g/mol. The standard InChI is InChI=1S/C30H32N2O3/c1-6-20-10-9-11-23(18-20)32-28(34)31(27(33)21-14-16-22(17-15-21)29(2,3)4)25-19-30(32,5)35-26-13-8-7-12-24(25)26/h7-18,25H,6,19H2,1-5H3/t25-,30+/m0/s1. The molecule has 2 atom stereocenters. The molecule has 0 aliphatic carbocycles. The fourth-order valence-corrected chi connectivity index (χ4v) is 5.19. The van der Waals surface area contributed by atoms with Crippen LogP contribution >= 0.6 is 0 Å². The van der Waals surface area contributed by atoms with Crippen LogP contribution < -0.4 is 9.64 Å². The summed E-state index contributed by atoms with van der Waals surface area (Å²) < 4.78 is 6.46. The summed E-state index contributed by atoms with van der Waals surface area (Å²) in [5.74, 6) is 0.409. The van der Waals surface area contributed by atoms with Crippen molar-refractivity contribution in [2.45, 2.75) is 64.6 Å². The minimum absolute atomic E-state index is 0.0227. The summed E-state index contributed by atoms with van der Waals surface area (Å²) in [6.07, 6.45) is 1.33. The van der Waals surface area contributed by atoms with E-state index < -0.39 is 11.8 Å². The van der Waals surface area contributed by atoms with E-state index in [1.807, 2.05) is 79.7 Å². The van der Waals surface area contributed by atoms with Crippen LogP contribution in [0.15, 0.2) is 72.8 Å². The van der Waals surface area contributed by atoms with E-state index in [0.717, 1.165) is 28.8 Å². The highest BCUT2D eigenvalue weighted by Gasteiger charge is 2.55. The predicted molar refractivity (Wildman–Crippen MR) is 138 cm³/mol. The summed E-state index contributed by atoms with van der Waals surface area (Å²) in [6, 6.07) is 22.5. The smallest absolute Gasteiger partial charge is 0.335 e. The van der Waals surface area contributed by atoms with Crippen LogP contribution in [0.2, 0.25) is 0 Å². The zero-order valence-corrected chi connectivity index (χ0v) is 21.0. The molecule has 5 nitrogen and oxygen atoms in total. The van der Waals surface area contributed by atoms with Crippen LogP contribution in [0.3, 0.4) is 0 Å². The lowest BCUT2D eigenvalue weighted by atomic mass is 9.86. The van der Waals surface area contributed by atoms with Crippen molar-refractivity contribution in [2.24, 2.45) is 0 Å². The van der Waals surface area contributed by atoms with Gasteiger partial charge in [0.05, 0.1) is 6.04 Å². The molecule has 1 fully saturated rings. The molecule has 35 heavy (non-hydrogen) atoms. The number of fused-ring (bicyclic) bond motifs is 4. The van der Waals surface area contributed by atoms with Crippen molar-refractivity contribution >= 4 is 17.6 Å². The van der Waals surface area contributed by atoms with E-state index in [9.17, 15) is 9.59 Å². The highest BCUT2D eigenvalue weighted by Crippen LogP contribution is 2.49. The number of imide groups is 1. The number of carbonyl (C=O) groups is 2. The van der Waals surface area contributed by atoms with Gasteiger partial charge in [0.2, 0.25) is 0 Å². The monoisotopic (exact) mass is 468 g/mol. The molecule has 0 radical (unpaired) electrons. The molecule has 0 N–H and O–H groups in total. The Morgan fingerprint density at radius 1 is 1.03 bits per heavy atom. The molecule has 2 aliphatic rings. The summed E-state index contributed by atoms with van der Waals surface area (Å²) in [5.41, 5.74) is 3.42. The number of urea groups is 1. The van der Waals surface area contributed by atoms with Gasteiger partial charge in [-0.05, 0) is 60.2 Å². The maximum atomic E-state index is 14.1. The molecule has 5 heteroatoms. The molecule has 3 aromatic rings. The van der Waals surface area contributed by atoms with Crippen LogP contribution in [0, 0.1) is 0 Å². The molecule has 5 rings (SSSR count). The topological polar surface area (TPSA) is 49.9 Å². The third kappa shape index (κ3) is 3.89. The Morgan fingerprint density at radius 2 is 1.74 bits per heavy atom. The lowest BCUT2D eigenvalue weighted by Gasteiger charge is -2.53. The number of anilines is 1. The molecule has 2 aliphatic heterocycles. The van der Waals surface area contributed by atoms with Gasteiger partial charge in [0.15, 0.2) is 5.72 Å². The van der Waals surface area contributed by atoms with Gasteiger partial charge in [-0.15, -0.1) is 0 Å². The second-order valence-electron chi connectivity index (χ2n) is 10.7. The van der Waals surface area contributed by atoms with Gasteiger partial charge in [0.25, 0.3) is 5.91 Å². The van der Waals surface area contributed by atoms with Gasteiger partial charge in [0, 0.05) is 23.2 Å². The van der Waals surface area contributed by atoms with Crippen LogP contribution in [0.5, 0.6) is 5.75 Å². The summed E-state index contributed by atoms with van der Waals surface area (Å²) in [4.78, 5) is 31.1. The van der Waals surface area contributed by atoms with Crippen molar-refractivity contribution in [3.63, 3.8) is 0 Å². The van der Waals surface area contributed by atoms with Crippen molar-refractivity contribution in [3.05, 3.63) is 95.1 Å². The Labute approximate surface area is 207 Å². The fourth-order valence-electron chi connectivity index (χ4n) is 5.19. The Balaban J connectivity index is 1.62. The van der Waals surface area contributed by atoms with E-state index in [2.05, 4.69) is 27.7 Å². The van der Waals surface area contributed by atoms with Crippen molar-refractivity contribution in [1.29, 1.82) is 0 Å². The minimum Gasteiger partial charge on any atom is -0.467 e. The molecule has 3 amide bonds. The van der Waals surface area contributed by atoms with Crippen molar-refractivity contribution < 1.29 is 14.3 Å². The zero-order chi connectivity index (χ0) is 25.0. The number of nitrogens with zero attached hydrogens (tertiary/aromatic N) is 2. The van der Waals surface area contributed by atoms with E-state index in [1.165, 1.54) is 4.90 Å². The first kappa shape index (κ1) is 23.2. The van der Waals surface area contributed by atoms with Crippen molar-refractivity contribution in [2.75, 3.05) is 4.90 Å². The highest BCUT2D eigenvalue weighted by atomic mass is 16.5. The van der Waals surface area contributed by atoms with Gasteiger partial charge in [-0.3, -0.25) is 14.6 Å². The first-order valence-electron chi connectivity index (χ1n) is 12.3. The molecule has 0 saturated carbocycles. The molecule has 180 valence electrons. The molecule has 3 aromatic carbocycles. The number of para-hydroxylation sites is 1. The number of hydrogen-bond donors (Lipinski definition) is 0. The summed E-state index contributed by atoms with van der Waals surface area (Å²) in [7, 11) is 0. The number of ether oxygens (including phenoxy) is 1. The Hall–Kier alpha value is -3.60. The van der Waals surface area contributed by atoms with Gasteiger partial charge in [-0.2, -0.15) is 0 Å². The van der Waals surface area contributed by atoms with E-state index >= 15 is 0 Å². The van der Waals surface area contributed by atoms with Crippen LogP contribution in [-0.2, 0) is 11.8 Å². The average Bonchev–Trinajstić information content (AvgIpc) is 2.83. The van der Waals surface area contributed by atoms with E-state index in [4.69, 9.17) is 4.74 Å². The maximum Gasteiger partial charge on any atom is 0.335 e. The number of amides is 3. The quantitative estimate of drug-likeness (QED) is 0.421. The van der Waals surface area contributed by atoms with Gasteiger partial charge >= 0.3 is 6.03 Å². The lowest BCUT2D eigenvalue weighted by molar-refractivity contribution is 0.00267. The number of benzene rings is 3. The number of carbonyl (C=O) groups excluding carboxylic acids is 2. The largest absolute Gasteiger partial charge is 0.467 e. The van der Waals surface area contributed by atoms with Crippen molar-refractivity contribution in [1.82, 2.24) is 4.90 Å². The first-order chi connectivity index (χ1) is 16.6. The van der Waals surface area contributed by atoms with Crippen molar-refractivity contribution in [3.8, 4) is 5.75 Å². The Bertz CT molecular complexity index is 1290. The second kappa shape index (κ2) is 8.26. The van der Waals surface area contributed by atoms with Crippen LogP contribution in [0.4, 0.5) is 10.5 Å². The maximum absolute atomic E-state index is 14.1. The minimum atomic E-state index is -0.907. The SMILES string of the molecule is CCc1cccc(N2C(=O)N(C(=O)c3ccc(C(C)(C)C)cc3)[C@H]3C[C@@]2(C)Oc2ccccc23)c1. The zero-order valence-electron chi connectivity index (χ0n) is 21.0. The Morgan fingerprint density at radius 3 is 2.43 bits per heavy atom. The predicted octanol–water partition coefficient (Wildman–Crippen LogP) is 6.87. The molecular weight excluding hydrogens is 436 g/mol. The molecule has 0 spiro atoms. The molecule has 0 aromatic heterocycles. The van der Waals surface area contributed by atoms with Gasteiger partial charge in [-0.25, -0.2) is 4.79 Å². The molecule has 2 bridgehead atoms. The molecule has 1 saturated heterocycles. The number of hydrogen-bond acceptors (Lipinski definition) is 3. The number of rotatable bonds is 3. The molecule has 0 unspecified atom stereocenters. The molecular formula is C30H32N2O3. The van der Waals surface area contributed by atoms with E-state index in [0.29, 0.717) is 17.7 Å².